The second-order valence-electron chi connectivity index (χ2n) is 3.57. The van der Waals surface area contributed by atoms with E-state index in [4.69, 9.17) is 10.6 Å². The average molecular weight is 233 g/mol. The molecule has 3 atom stereocenters. The fourth-order valence-corrected chi connectivity index (χ4v) is 1.01. The van der Waals surface area contributed by atoms with Gasteiger partial charge in [0.25, 0.3) is 11.8 Å². The number of amides is 2. The number of aliphatic hydroxyl groups is 1. The third-order valence-electron chi connectivity index (χ3n) is 2.16. The quantitative estimate of drug-likeness (QED) is 0.296. The molecule has 0 fully saturated rings. The molecule has 94 valence electrons. The lowest BCUT2D eigenvalue weighted by atomic mass is 10.2. The Hall–Kier alpha value is -1.18. The summed E-state index contributed by atoms with van der Waals surface area (Å²) in [5.74, 6) is 4.10. The van der Waals surface area contributed by atoms with Crippen LogP contribution in [0.4, 0.5) is 0 Å². The molecule has 0 bridgehead atoms. The molecule has 3 unspecified atom stereocenters. The van der Waals surface area contributed by atoms with Crippen LogP contribution in [0.5, 0.6) is 0 Å². The van der Waals surface area contributed by atoms with Crippen molar-refractivity contribution in [3.05, 3.63) is 0 Å². The van der Waals surface area contributed by atoms with Gasteiger partial charge >= 0.3 is 0 Å². The summed E-state index contributed by atoms with van der Waals surface area (Å²) < 4.78 is 4.79. The minimum absolute atomic E-state index is 0.453. The molecule has 4 N–H and O–H groups in total. The summed E-state index contributed by atoms with van der Waals surface area (Å²) in [5.41, 5.74) is 0. The van der Waals surface area contributed by atoms with E-state index in [0.29, 0.717) is 0 Å². The number of rotatable bonds is 5. The van der Waals surface area contributed by atoms with Crippen molar-refractivity contribution in [2.24, 2.45) is 5.84 Å². The maximum Gasteiger partial charge on any atom is 0.258 e. The molecule has 0 aromatic heterocycles. The van der Waals surface area contributed by atoms with Gasteiger partial charge in [-0.3, -0.25) is 14.6 Å². The normalized spacial score (nSPS) is 16.1. The highest BCUT2D eigenvalue weighted by atomic mass is 16.5. The maximum atomic E-state index is 11.4. The summed E-state index contributed by atoms with van der Waals surface area (Å²) in [5, 5.41) is 12.7. The molecule has 0 aliphatic rings. The first-order valence-electron chi connectivity index (χ1n) is 4.84. The lowest BCUT2D eigenvalue weighted by Crippen LogP contribution is -2.52. The molecule has 0 aliphatic carbocycles. The van der Waals surface area contributed by atoms with Crippen LogP contribution in [0.1, 0.15) is 13.8 Å². The van der Waals surface area contributed by atoms with Crippen LogP contribution in [0.15, 0.2) is 0 Å². The van der Waals surface area contributed by atoms with Crippen molar-refractivity contribution in [2.45, 2.75) is 32.1 Å². The van der Waals surface area contributed by atoms with E-state index in [1.807, 2.05) is 0 Å². The molecule has 7 nitrogen and oxygen atoms in total. The number of carbonyl (C=O) groups is 2. The number of hydrogen-bond acceptors (Lipinski definition) is 5. The van der Waals surface area contributed by atoms with Gasteiger partial charge in [-0.25, -0.2) is 5.84 Å². The Morgan fingerprint density at radius 2 is 1.94 bits per heavy atom. The van der Waals surface area contributed by atoms with Gasteiger partial charge in [0.05, 0.1) is 6.10 Å². The maximum absolute atomic E-state index is 11.4. The largest absolute Gasteiger partial charge is 0.381 e. The molecule has 0 aliphatic heterocycles. The topological polar surface area (TPSA) is 105 Å². The van der Waals surface area contributed by atoms with Crippen LogP contribution in [0.25, 0.3) is 0 Å². The lowest BCUT2D eigenvalue weighted by molar-refractivity contribution is -0.141. The van der Waals surface area contributed by atoms with Crippen molar-refractivity contribution in [3.63, 3.8) is 0 Å². The van der Waals surface area contributed by atoms with Gasteiger partial charge in [0, 0.05) is 14.2 Å². The SMILES string of the molecule is COC(C)C(O)C(=O)NC(C)C(=O)N(C)N. The van der Waals surface area contributed by atoms with Crippen LogP contribution in [0, 0.1) is 0 Å². The van der Waals surface area contributed by atoms with E-state index in [-0.39, 0.29) is 0 Å². The van der Waals surface area contributed by atoms with Crippen LogP contribution in [0.2, 0.25) is 0 Å². The number of aliphatic hydroxyl groups excluding tert-OH is 1. The highest BCUT2D eigenvalue weighted by Crippen LogP contribution is 1.98. The zero-order valence-electron chi connectivity index (χ0n) is 9.93. The molecule has 0 aromatic carbocycles. The number of nitrogens with zero attached hydrogens (tertiary/aromatic N) is 1. The Labute approximate surface area is 94.5 Å². The van der Waals surface area contributed by atoms with E-state index in [1.54, 1.807) is 6.92 Å². The second kappa shape index (κ2) is 6.41. The molecular formula is C9H19N3O4. The summed E-state index contributed by atoms with van der Waals surface area (Å²) in [6, 6.07) is -0.791. The van der Waals surface area contributed by atoms with Gasteiger partial charge in [-0.15, -0.1) is 0 Å². The van der Waals surface area contributed by atoms with Crippen molar-refractivity contribution >= 4 is 11.8 Å². The number of carbonyl (C=O) groups excluding carboxylic acids is 2. The van der Waals surface area contributed by atoms with Crippen molar-refractivity contribution in [1.82, 2.24) is 10.3 Å². The lowest BCUT2D eigenvalue weighted by Gasteiger charge is -2.21. The number of hydrogen-bond donors (Lipinski definition) is 3. The Balaban J connectivity index is 4.29. The average Bonchev–Trinajstić information content (AvgIpc) is 2.25. The van der Waals surface area contributed by atoms with Gasteiger partial charge in [0.15, 0.2) is 6.10 Å². The molecule has 16 heavy (non-hydrogen) atoms. The van der Waals surface area contributed by atoms with Gasteiger partial charge in [0.1, 0.15) is 6.04 Å². The third kappa shape index (κ3) is 4.13. The minimum atomic E-state index is -1.32. The molecule has 0 radical (unpaired) electrons. The monoisotopic (exact) mass is 233 g/mol. The molecule has 0 heterocycles. The number of nitrogens with one attached hydrogen (secondary N) is 1. The van der Waals surface area contributed by atoms with Crippen molar-refractivity contribution in [2.75, 3.05) is 14.2 Å². The van der Waals surface area contributed by atoms with Crippen LogP contribution < -0.4 is 11.2 Å². The Kier molecular flexibility index (Phi) is 5.94. The number of hydrazine groups is 1. The van der Waals surface area contributed by atoms with E-state index in [0.717, 1.165) is 5.01 Å². The highest BCUT2D eigenvalue weighted by molar-refractivity contribution is 5.88. The summed E-state index contributed by atoms with van der Waals surface area (Å²) in [6.45, 7) is 3.03. The van der Waals surface area contributed by atoms with Gasteiger partial charge < -0.3 is 15.2 Å². The van der Waals surface area contributed by atoms with Crippen molar-refractivity contribution in [1.29, 1.82) is 0 Å². The molecule has 0 spiro atoms. The van der Waals surface area contributed by atoms with Crippen LogP contribution in [-0.4, -0.2) is 54.3 Å². The first-order valence-corrected chi connectivity index (χ1v) is 4.84. The first-order chi connectivity index (χ1) is 7.31. The molecule has 0 aromatic rings. The third-order valence-corrected chi connectivity index (χ3v) is 2.16. The van der Waals surface area contributed by atoms with E-state index < -0.39 is 30.1 Å². The van der Waals surface area contributed by atoms with Gasteiger partial charge in [0.2, 0.25) is 0 Å². The van der Waals surface area contributed by atoms with E-state index in [1.165, 1.54) is 21.1 Å². The summed E-state index contributed by atoms with van der Waals surface area (Å²) in [6.07, 6.45) is -1.96. The van der Waals surface area contributed by atoms with Gasteiger partial charge in [-0.05, 0) is 13.8 Å². The van der Waals surface area contributed by atoms with E-state index in [2.05, 4.69) is 5.32 Å². The molecule has 0 saturated carbocycles. The molecule has 0 rings (SSSR count). The predicted octanol–water partition coefficient (Wildman–Crippen LogP) is -1.78. The molecule has 2 amide bonds. The van der Waals surface area contributed by atoms with Gasteiger partial charge in [-0.1, -0.05) is 0 Å². The summed E-state index contributed by atoms with van der Waals surface area (Å²) in [7, 11) is 2.75. The number of nitrogens with two attached hydrogens (primary N) is 1. The standard InChI is InChI=1S/C9H19N3O4/c1-5(9(15)12(3)10)11-8(14)7(13)6(2)16-4/h5-7,13H,10H2,1-4H3,(H,11,14). The number of ether oxygens (including phenoxy) is 1. The van der Waals surface area contributed by atoms with Crippen LogP contribution in [0.3, 0.4) is 0 Å². The van der Waals surface area contributed by atoms with Crippen molar-refractivity contribution in [3.8, 4) is 0 Å². The van der Waals surface area contributed by atoms with E-state index in [9.17, 15) is 14.7 Å². The second-order valence-corrected chi connectivity index (χ2v) is 3.57. The minimum Gasteiger partial charge on any atom is -0.381 e. The Morgan fingerprint density at radius 1 is 1.44 bits per heavy atom. The first kappa shape index (κ1) is 14.8. The number of likely N-dealkylation sites (N-methyl/N-ethyl adjacent to an activating group) is 1. The summed E-state index contributed by atoms with van der Waals surface area (Å²) in [4.78, 5) is 22.7. The van der Waals surface area contributed by atoms with Crippen LogP contribution >= 0.6 is 0 Å². The smallest absolute Gasteiger partial charge is 0.258 e. The highest BCUT2D eigenvalue weighted by Gasteiger charge is 2.25. The molecule has 7 heteroatoms. The molecule has 0 saturated heterocycles. The zero-order valence-corrected chi connectivity index (χ0v) is 9.93. The fraction of sp³-hybridized carbons (Fsp3) is 0.778. The number of methoxy groups -OCH3 is 1. The zero-order chi connectivity index (χ0) is 12.9. The molecular weight excluding hydrogens is 214 g/mol. The van der Waals surface area contributed by atoms with E-state index >= 15 is 0 Å². The van der Waals surface area contributed by atoms with Gasteiger partial charge in [-0.2, -0.15) is 0 Å². The predicted molar refractivity (Wildman–Crippen MR) is 57.0 cm³/mol. The Bertz CT molecular complexity index is 257. The van der Waals surface area contributed by atoms with Crippen LogP contribution in [-0.2, 0) is 14.3 Å². The Morgan fingerprint density at radius 3 is 2.31 bits per heavy atom. The fourth-order valence-electron chi connectivity index (χ4n) is 1.01. The van der Waals surface area contributed by atoms with Crippen molar-refractivity contribution < 1.29 is 19.4 Å². The summed E-state index contributed by atoms with van der Waals surface area (Å²) >= 11 is 0.